The SMILES string of the molecule is COc1ccc(C2CCCN2C(=O)/C=C/c2ccc(OCC#N)c(OC)c2)cc1. The lowest BCUT2D eigenvalue weighted by Gasteiger charge is -2.24. The molecule has 1 fully saturated rings. The molecule has 0 spiro atoms. The third-order valence-electron chi connectivity index (χ3n) is 4.93. The van der Waals surface area contributed by atoms with Gasteiger partial charge in [-0.15, -0.1) is 0 Å². The molecule has 1 atom stereocenters. The maximum absolute atomic E-state index is 12.8. The van der Waals surface area contributed by atoms with E-state index in [9.17, 15) is 4.79 Å². The fourth-order valence-corrected chi connectivity index (χ4v) is 3.48. The average molecular weight is 392 g/mol. The number of amides is 1. The monoisotopic (exact) mass is 392 g/mol. The zero-order valence-electron chi connectivity index (χ0n) is 16.6. The van der Waals surface area contributed by atoms with Gasteiger partial charge >= 0.3 is 0 Å². The highest BCUT2D eigenvalue weighted by atomic mass is 16.5. The summed E-state index contributed by atoms with van der Waals surface area (Å²) in [5.74, 6) is 1.80. The van der Waals surface area contributed by atoms with Gasteiger partial charge in [-0.3, -0.25) is 4.79 Å². The molecule has 2 aromatic carbocycles. The van der Waals surface area contributed by atoms with Crippen LogP contribution in [-0.2, 0) is 4.79 Å². The van der Waals surface area contributed by atoms with Crippen LogP contribution in [0.2, 0.25) is 0 Å². The summed E-state index contributed by atoms with van der Waals surface area (Å²) in [5.41, 5.74) is 1.94. The van der Waals surface area contributed by atoms with Crippen LogP contribution < -0.4 is 14.2 Å². The van der Waals surface area contributed by atoms with Gasteiger partial charge < -0.3 is 19.1 Å². The summed E-state index contributed by atoms with van der Waals surface area (Å²) in [6, 6.07) is 15.2. The van der Waals surface area contributed by atoms with Crippen molar-refractivity contribution in [1.82, 2.24) is 4.90 Å². The maximum atomic E-state index is 12.8. The Hall–Kier alpha value is -3.46. The summed E-state index contributed by atoms with van der Waals surface area (Å²) >= 11 is 0. The third kappa shape index (κ3) is 4.88. The van der Waals surface area contributed by atoms with Crippen molar-refractivity contribution in [2.75, 3.05) is 27.4 Å². The van der Waals surface area contributed by atoms with Crippen molar-refractivity contribution < 1.29 is 19.0 Å². The van der Waals surface area contributed by atoms with E-state index < -0.39 is 0 Å². The molecule has 150 valence electrons. The van der Waals surface area contributed by atoms with Gasteiger partial charge in [0.25, 0.3) is 0 Å². The molecule has 6 heteroatoms. The number of likely N-dealkylation sites (tertiary alicyclic amines) is 1. The molecule has 1 aliphatic rings. The van der Waals surface area contributed by atoms with E-state index in [0.717, 1.165) is 36.3 Å². The summed E-state index contributed by atoms with van der Waals surface area (Å²) in [7, 11) is 3.18. The first-order valence-corrected chi connectivity index (χ1v) is 9.46. The quantitative estimate of drug-likeness (QED) is 0.667. The molecule has 0 N–H and O–H groups in total. The van der Waals surface area contributed by atoms with Crippen LogP contribution in [0.1, 0.15) is 30.0 Å². The molecule has 0 saturated carbocycles. The van der Waals surface area contributed by atoms with Crippen molar-refractivity contribution in [2.45, 2.75) is 18.9 Å². The van der Waals surface area contributed by atoms with Gasteiger partial charge in [-0.2, -0.15) is 5.26 Å². The lowest BCUT2D eigenvalue weighted by molar-refractivity contribution is -0.126. The van der Waals surface area contributed by atoms with Gasteiger partial charge in [0.05, 0.1) is 20.3 Å². The Balaban J connectivity index is 1.71. The molecule has 1 unspecified atom stereocenters. The molecule has 1 heterocycles. The molecule has 0 bridgehead atoms. The molecule has 1 aliphatic heterocycles. The lowest BCUT2D eigenvalue weighted by atomic mass is 10.0. The number of ether oxygens (including phenoxy) is 3. The number of benzene rings is 2. The Morgan fingerprint density at radius 2 is 1.97 bits per heavy atom. The first-order valence-electron chi connectivity index (χ1n) is 9.46. The molecule has 1 amide bonds. The van der Waals surface area contributed by atoms with Gasteiger partial charge in [0.2, 0.25) is 5.91 Å². The number of rotatable bonds is 7. The number of hydrogen-bond donors (Lipinski definition) is 0. The van der Waals surface area contributed by atoms with Crippen LogP contribution in [0.4, 0.5) is 0 Å². The van der Waals surface area contributed by atoms with Gasteiger partial charge in [0.15, 0.2) is 18.1 Å². The lowest BCUT2D eigenvalue weighted by Crippen LogP contribution is -2.28. The van der Waals surface area contributed by atoms with E-state index in [1.165, 1.54) is 7.11 Å². The smallest absolute Gasteiger partial charge is 0.247 e. The first-order chi connectivity index (χ1) is 14.2. The van der Waals surface area contributed by atoms with Crippen molar-refractivity contribution in [2.24, 2.45) is 0 Å². The van der Waals surface area contributed by atoms with Gasteiger partial charge in [-0.25, -0.2) is 0 Å². The van der Waals surface area contributed by atoms with Crippen LogP contribution in [0.3, 0.4) is 0 Å². The molecule has 6 nitrogen and oxygen atoms in total. The van der Waals surface area contributed by atoms with Crippen molar-refractivity contribution >= 4 is 12.0 Å². The molecule has 0 radical (unpaired) electrons. The number of carbonyl (C=O) groups excluding carboxylic acids is 1. The number of nitrogens with zero attached hydrogens (tertiary/aromatic N) is 2. The Morgan fingerprint density at radius 3 is 2.66 bits per heavy atom. The highest BCUT2D eigenvalue weighted by Gasteiger charge is 2.28. The summed E-state index contributed by atoms with van der Waals surface area (Å²) in [6.07, 6.45) is 5.29. The molecule has 3 rings (SSSR count). The molecular weight excluding hydrogens is 368 g/mol. The van der Waals surface area contributed by atoms with Crippen molar-refractivity contribution in [1.29, 1.82) is 5.26 Å². The minimum absolute atomic E-state index is 0.0212. The normalized spacial score (nSPS) is 15.9. The molecule has 2 aromatic rings. The fourth-order valence-electron chi connectivity index (χ4n) is 3.48. The second kappa shape index (κ2) is 9.65. The third-order valence-corrected chi connectivity index (χ3v) is 4.93. The van der Waals surface area contributed by atoms with Crippen LogP contribution in [0.5, 0.6) is 17.2 Å². The van der Waals surface area contributed by atoms with E-state index in [2.05, 4.69) is 0 Å². The Bertz CT molecular complexity index is 915. The Labute approximate surface area is 170 Å². The Morgan fingerprint density at radius 1 is 1.17 bits per heavy atom. The summed E-state index contributed by atoms with van der Waals surface area (Å²) < 4.78 is 15.8. The average Bonchev–Trinajstić information content (AvgIpc) is 3.26. The number of hydrogen-bond acceptors (Lipinski definition) is 5. The first kappa shape index (κ1) is 20.3. The Kier molecular flexibility index (Phi) is 6.75. The van der Waals surface area contributed by atoms with Crippen LogP contribution >= 0.6 is 0 Å². The van der Waals surface area contributed by atoms with Crippen LogP contribution in [-0.4, -0.2) is 38.2 Å². The highest BCUT2D eigenvalue weighted by molar-refractivity contribution is 5.92. The summed E-state index contributed by atoms with van der Waals surface area (Å²) in [6.45, 7) is 0.690. The van der Waals surface area contributed by atoms with Crippen molar-refractivity contribution in [3.8, 4) is 23.3 Å². The highest BCUT2D eigenvalue weighted by Crippen LogP contribution is 2.33. The van der Waals surface area contributed by atoms with Gasteiger partial charge in [-0.1, -0.05) is 18.2 Å². The van der Waals surface area contributed by atoms with Gasteiger partial charge in [0.1, 0.15) is 11.8 Å². The maximum Gasteiger partial charge on any atom is 0.247 e. The largest absolute Gasteiger partial charge is 0.497 e. The van der Waals surface area contributed by atoms with E-state index in [1.807, 2.05) is 41.3 Å². The second-order valence-electron chi connectivity index (χ2n) is 6.65. The van der Waals surface area contributed by atoms with Gasteiger partial charge in [-0.05, 0) is 54.3 Å². The predicted octanol–water partition coefficient (Wildman–Crippen LogP) is 3.98. The number of carbonyl (C=O) groups is 1. The van der Waals surface area contributed by atoms with E-state index in [-0.39, 0.29) is 18.6 Å². The van der Waals surface area contributed by atoms with E-state index in [4.69, 9.17) is 19.5 Å². The summed E-state index contributed by atoms with van der Waals surface area (Å²) in [4.78, 5) is 14.7. The number of nitriles is 1. The molecule has 0 aromatic heterocycles. The molecule has 0 aliphatic carbocycles. The van der Waals surface area contributed by atoms with Crippen LogP contribution in [0.25, 0.3) is 6.08 Å². The van der Waals surface area contributed by atoms with E-state index in [1.54, 1.807) is 31.4 Å². The predicted molar refractivity (Wildman–Crippen MR) is 110 cm³/mol. The van der Waals surface area contributed by atoms with Gasteiger partial charge in [0, 0.05) is 12.6 Å². The van der Waals surface area contributed by atoms with Crippen molar-refractivity contribution in [3.05, 3.63) is 59.7 Å². The van der Waals surface area contributed by atoms with E-state index >= 15 is 0 Å². The number of methoxy groups -OCH3 is 2. The van der Waals surface area contributed by atoms with Crippen molar-refractivity contribution in [3.63, 3.8) is 0 Å². The minimum Gasteiger partial charge on any atom is -0.497 e. The van der Waals surface area contributed by atoms with E-state index in [0.29, 0.717) is 11.5 Å². The molecular formula is C23H24N2O4. The topological polar surface area (TPSA) is 71.8 Å². The summed E-state index contributed by atoms with van der Waals surface area (Å²) in [5, 5.41) is 8.65. The van der Waals surface area contributed by atoms with Crippen LogP contribution in [0, 0.1) is 11.3 Å². The van der Waals surface area contributed by atoms with Crippen LogP contribution in [0.15, 0.2) is 48.5 Å². The second-order valence-corrected chi connectivity index (χ2v) is 6.65. The zero-order valence-corrected chi connectivity index (χ0v) is 16.6. The fraction of sp³-hybridized carbons (Fsp3) is 0.304. The minimum atomic E-state index is -0.0499. The molecule has 29 heavy (non-hydrogen) atoms. The molecule has 1 saturated heterocycles. The zero-order chi connectivity index (χ0) is 20.6. The standard InChI is InChI=1S/C23H24N2O4/c1-27-19-9-7-18(8-10-19)20-4-3-14-25(20)23(26)12-6-17-5-11-21(29-15-13-24)22(16-17)28-2/h5-12,16,20H,3-4,14-15H2,1-2H3/b12-6+.